The fraction of sp³-hybridized carbons (Fsp3) is 0.231. The van der Waals surface area contributed by atoms with E-state index in [1.165, 1.54) is 6.33 Å². The van der Waals surface area contributed by atoms with Crippen LogP contribution in [0, 0.1) is 0 Å². The number of piperazine rings is 1. The zero-order valence-electron chi connectivity index (χ0n) is 19.7. The van der Waals surface area contributed by atoms with E-state index in [1.54, 1.807) is 42.5 Å². The number of hydrogen-bond acceptors (Lipinski definition) is 4. The number of nitrogens with zero attached hydrogens (tertiary/aromatic N) is 1. The van der Waals surface area contributed by atoms with E-state index in [4.69, 9.17) is 1.37 Å². The zero-order valence-corrected chi connectivity index (χ0v) is 18.7. The highest BCUT2D eigenvalue weighted by molar-refractivity contribution is 6.09. The van der Waals surface area contributed by atoms with Crippen LogP contribution in [0.3, 0.4) is 0 Å². The lowest BCUT2D eigenvalue weighted by molar-refractivity contribution is -0.131. The first-order valence-corrected chi connectivity index (χ1v) is 10.7. The molecule has 0 aliphatic carbocycles. The normalized spacial score (nSPS) is 18.3. The second-order valence-corrected chi connectivity index (χ2v) is 8.99. The molecule has 0 bridgehead atoms. The summed E-state index contributed by atoms with van der Waals surface area (Å²) in [7, 11) is 0. The lowest BCUT2D eigenvalue weighted by Crippen LogP contribution is -2.55. The summed E-state index contributed by atoms with van der Waals surface area (Å²) in [6.45, 7) is 5.87. The number of aromatic amines is 1. The molecule has 3 aromatic rings. The lowest BCUT2D eigenvalue weighted by Gasteiger charge is -2.25. The van der Waals surface area contributed by atoms with Crippen LogP contribution in [0.4, 0.5) is 0 Å². The molecule has 1 aromatic heterocycles. The summed E-state index contributed by atoms with van der Waals surface area (Å²) in [5.41, 5.74) is 2.39. The molecule has 3 N–H and O–H groups in total. The quantitative estimate of drug-likeness (QED) is 0.416. The SMILES string of the molecule is [2H]C(=C1NC(=O)C(Cc2cccc(C(=O)c3ccccc3)c2)NC1=O)c1[nH]cnc1C(C)(C)C. The van der Waals surface area contributed by atoms with E-state index < -0.39 is 17.9 Å². The van der Waals surface area contributed by atoms with Crippen molar-refractivity contribution >= 4 is 23.6 Å². The second kappa shape index (κ2) is 8.86. The Hall–Kier alpha value is -4.00. The molecule has 1 unspecified atom stereocenters. The number of imidazole rings is 1. The fourth-order valence-corrected chi connectivity index (χ4v) is 3.71. The predicted molar refractivity (Wildman–Crippen MR) is 125 cm³/mol. The molecule has 1 atom stereocenters. The van der Waals surface area contributed by atoms with Crippen molar-refractivity contribution in [2.24, 2.45) is 0 Å². The van der Waals surface area contributed by atoms with E-state index >= 15 is 0 Å². The summed E-state index contributed by atoms with van der Waals surface area (Å²) < 4.78 is 8.50. The van der Waals surface area contributed by atoms with E-state index in [9.17, 15) is 14.4 Å². The van der Waals surface area contributed by atoms with Gasteiger partial charge in [-0.15, -0.1) is 0 Å². The van der Waals surface area contributed by atoms with E-state index in [-0.39, 0.29) is 29.4 Å². The zero-order chi connectivity index (χ0) is 24.5. The van der Waals surface area contributed by atoms with Crippen molar-refractivity contribution in [1.29, 1.82) is 0 Å². The van der Waals surface area contributed by atoms with Gasteiger partial charge in [0.1, 0.15) is 11.7 Å². The van der Waals surface area contributed by atoms with Crippen molar-refractivity contribution in [3.05, 3.63) is 94.7 Å². The number of nitrogens with one attached hydrogen (secondary N) is 3. The third-order valence-corrected chi connectivity index (χ3v) is 5.36. The fourth-order valence-electron chi connectivity index (χ4n) is 3.71. The smallest absolute Gasteiger partial charge is 0.268 e. The number of aromatic nitrogens is 2. The van der Waals surface area contributed by atoms with Crippen LogP contribution in [0.2, 0.25) is 0 Å². The molecule has 7 nitrogen and oxygen atoms in total. The number of carbonyl (C=O) groups is 3. The molecule has 1 fully saturated rings. The van der Waals surface area contributed by atoms with E-state index in [0.29, 0.717) is 22.5 Å². The van der Waals surface area contributed by atoms with E-state index in [0.717, 1.165) is 5.56 Å². The molecular formula is C26H26N4O3. The van der Waals surface area contributed by atoms with Crippen LogP contribution >= 0.6 is 0 Å². The van der Waals surface area contributed by atoms with Crippen molar-refractivity contribution < 1.29 is 15.8 Å². The molecule has 1 aliphatic rings. The van der Waals surface area contributed by atoms with E-state index in [1.807, 2.05) is 32.9 Å². The van der Waals surface area contributed by atoms with E-state index in [2.05, 4.69) is 20.6 Å². The van der Waals surface area contributed by atoms with Gasteiger partial charge in [0.25, 0.3) is 5.91 Å². The molecule has 2 aromatic carbocycles. The van der Waals surface area contributed by atoms with Gasteiger partial charge in [0.2, 0.25) is 5.91 Å². The van der Waals surface area contributed by atoms with Crippen LogP contribution in [0.5, 0.6) is 0 Å². The van der Waals surface area contributed by atoms with Gasteiger partial charge in [-0.25, -0.2) is 4.98 Å². The maximum atomic E-state index is 12.8. The van der Waals surface area contributed by atoms with Gasteiger partial charge < -0.3 is 15.6 Å². The summed E-state index contributed by atoms with van der Waals surface area (Å²) in [6.07, 6.45) is 1.69. The average molecular weight is 444 g/mol. The highest BCUT2D eigenvalue weighted by Gasteiger charge is 2.31. The highest BCUT2D eigenvalue weighted by atomic mass is 16.2. The van der Waals surface area contributed by atoms with Crippen molar-refractivity contribution in [2.45, 2.75) is 38.6 Å². The maximum Gasteiger partial charge on any atom is 0.268 e. The third-order valence-electron chi connectivity index (χ3n) is 5.36. The summed E-state index contributed by atoms with van der Waals surface area (Å²) in [4.78, 5) is 45.6. The van der Waals surface area contributed by atoms with Crippen LogP contribution in [-0.4, -0.2) is 33.6 Å². The van der Waals surface area contributed by atoms with Crippen LogP contribution in [0.25, 0.3) is 6.05 Å². The average Bonchev–Trinajstić information content (AvgIpc) is 3.32. The highest BCUT2D eigenvalue weighted by Crippen LogP contribution is 2.24. The van der Waals surface area contributed by atoms with Crippen LogP contribution in [0.1, 0.15) is 55.0 Å². The minimum absolute atomic E-state index is 0.113. The van der Waals surface area contributed by atoms with Gasteiger partial charge in [0, 0.05) is 23.0 Å². The Morgan fingerprint density at radius 1 is 1.09 bits per heavy atom. The molecular weight excluding hydrogens is 416 g/mol. The molecule has 33 heavy (non-hydrogen) atoms. The van der Waals surface area contributed by atoms with Gasteiger partial charge in [0.05, 0.1) is 19.1 Å². The Bertz CT molecular complexity index is 1290. The molecule has 4 rings (SSSR count). The lowest BCUT2D eigenvalue weighted by atomic mass is 9.90. The van der Waals surface area contributed by atoms with Gasteiger partial charge in [0.15, 0.2) is 5.78 Å². The van der Waals surface area contributed by atoms with Crippen molar-refractivity contribution in [2.75, 3.05) is 0 Å². The topological polar surface area (TPSA) is 104 Å². The summed E-state index contributed by atoms with van der Waals surface area (Å²) >= 11 is 0. The van der Waals surface area contributed by atoms with Gasteiger partial charge in [-0.3, -0.25) is 14.4 Å². The number of benzene rings is 2. The van der Waals surface area contributed by atoms with Crippen LogP contribution in [0.15, 0.2) is 66.6 Å². The number of H-pyrrole nitrogens is 1. The minimum atomic E-state index is -0.824. The Morgan fingerprint density at radius 2 is 1.82 bits per heavy atom. The van der Waals surface area contributed by atoms with Gasteiger partial charge in [-0.2, -0.15) is 0 Å². The Balaban J connectivity index is 1.53. The number of carbonyl (C=O) groups excluding carboxylic acids is 3. The molecule has 0 radical (unpaired) electrons. The number of ketones is 1. The number of rotatable bonds is 5. The first kappa shape index (κ1) is 20.9. The molecule has 0 spiro atoms. The first-order valence-electron chi connectivity index (χ1n) is 11.2. The molecule has 168 valence electrons. The van der Waals surface area contributed by atoms with Gasteiger partial charge in [-0.05, 0) is 17.7 Å². The minimum Gasteiger partial charge on any atom is -0.345 e. The Morgan fingerprint density at radius 3 is 2.55 bits per heavy atom. The maximum absolute atomic E-state index is 12.8. The molecule has 2 amide bonds. The van der Waals surface area contributed by atoms with Crippen molar-refractivity contribution in [3.8, 4) is 0 Å². The van der Waals surface area contributed by atoms with Crippen LogP contribution < -0.4 is 10.6 Å². The number of amides is 2. The van der Waals surface area contributed by atoms with Gasteiger partial charge in [-0.1, -0.05) is 69.3 Å². The van der Waals surface area contributed by atoms with Crippen molar-refractivity contribution in [1.82, 2.24) is 20.6 Å². The number of hydrogen-bond donors (Lipinski definition) is 3. The molecule has 1 saturated heterocycles. The summed E-state index contributed by atoms with van der Waals surface area (Å²) in [5, 5.41) is 5.29. The Kier molecular flexibility index (Phi) is 5.60. The molecule has 2 heterocycles. The Labute approximate surface area is 193 Å². The monoisotopic (exact) mass is 443 g/mol. The summed E-state index contributed by atoms with van der Waals surface area (Å²) in [6, 6.07) is 15.0. The van der Waals surface area contributed by atoms with Gasteiger partial charge >= 0.3 is 0 Å². The second-order valence-electron chi connectivity index (χ2n) is 8.99. The molecule has 1 aliphatic heterocycles. The standard InChI is InChI=1S/C26H26N4O3/c1-26(2,3)23-19(27-15-28-23)14-21-25(33)29-20(24(32)30-21)13-16-8-7-11-18(12-16)22(31)17-9-5-4-6-10-17/h4-12,14-15,20H,13H2,1-3H3,(H,27,28)(H,29,33)(H,30,32)/i14D. The predicted octanol–water partition coefficient (Wildman–Crippen LogP) is 3.14. The van der Waals surface area contributed by atoms with Crippen molar-refractivity contribution in [3.63, 3.8) is 0 Å². The first-order chi connectivity index (χ1) is 16.1. The largest absolute Gasteiger partial charge is 0.345 e. The van der Waals surface area contributed by atoms with Crippen LogP contribution in [-0.2, 0) is 21.4 Å². The third kappa shape index (κ3) is 4.92. The molecule has 0 saturated carbocycles. The molecule has 7 heteroatoms. The summed E-state index contributed by atoms with van der Waals surface area (Å²) in [5.74, 6) is -1.07.